The number of halogens is 1. The average molecular weight is 437 g/mol. The molecule has 1 amide bonds. The van der Waals surface area contributed by atoms with Crippen LogP contribution in [0.4, 0.5) is 0 Å². The predicted molar refractivity (Wildman–Crippen MR) is 112 cm³/mol. The molecular formula is C21H25ClN2O4S. The van der Waals surface area contributed by atoms with Gasteiger partial charge in [0.25, 0.3) is 0 Å². The van der Waals surface area contributed by atoms with Crippen LogP contribution >= 0.6 is 11.6 Å². The first-order valence-electron chi connectivity index (χ1n) is 9.44. The van der Waals surface area contributed by atoms with Gasteiger partial charge in [-0.15, -0.1) is 0 Å². The third-order valence-electron chi connectivity index (χ3n) is 5.40. The lowest BCUT2D eigenvalue weighted by atomic mass is 9.76. The fourth-order valence-electron chi connectivity index (χ4n) is 3.69. The fraction of sp³-hybridized carbons (Fsp3) is 0.381. The van der Waals surface area contributed by atoms with E-state index in [4.69, 9.17) is 22.1 Å². The van der Waals surface area contributed by atoms with Gasteiger partial charge in [-0.25, -0.2) is 8.42 Å². The van der Waals surface area contributed by atoms with Gasteiger partial charge in [0.15, 0.2) is 0 Å². The standard InChI is InChI=1S/C21H25ClN2O4S/c1-16-4-2-3-5-19(16)29(26,27)24-12-10-21(11-13-24,14-20(23)25)15-28-18-8-6-17(22)7-9-18/h2-9H,10-15H2,1H3,(H2,23,25). The van der Waals surface area contributed by atoms with E-state index in [0.29, 0.717) is 47.2 Å². The molecule has 1 fully saturated rings. The SMILES string of the molecule is Cc1ccccc1S(=O)(=O)N1CCC(COc2ccc(Cl)cc2)(CC(N)=O)CC1. The lowest BCUT2D eigenvalue weighted by molar-refractivity contribution is -0.121. The maximum Gasteiger partial charge on any atom is 0.243 e. The highest BCUT2D eigenvalue weighted by atomic mass is 35.5. The number of amides is 1. The van der Waals surface area contributed by atoms with Crippen LogP contribution in [0.5, 0.6) is 5.75 Å². The molecule has 0 aliphatic carbocycles. The first-order valence-corrected chi connectivity index (χ1v) is 11.3. The van der Waals surface area contributed by atoms with Gasteiger partial charge in [0.1, 0.15) is 5.75 Å². The second-order valence-corrected chi connectivity index (χ2v) is 9.90. The van der Waals surface area contributed by atoms with Gasteiger partial charge in [-0.2, -0.15) is 4.31 Å². The zero-order valence-corrected chi connectivity index (χ0v) is 17.9. The first kappa shape index (κ1) is 21.6. The highest BCUT2D eigenvalue weighted by molar-refractivity contribution is 7.89. The van der Waals surface area contributed by atoms with E-state index < -0.39 is 21.3 Å². The topological polar surface area (TPSA) is 89.7 Å². The number of nitrogens with two attached hydrogens (primary N) is 1. The Morgan fingerprint density at radius 3 is 2.34 bits per heavy atom. The molecule has 3 rings (SSSR count). The van der Waals surface area contributed by atoms with Gasteiger partial charge >= 0.3 is 0 Å². The van der Waals surface area contributed by atoms with Crippen molar-refractivity contribution in [3.8, 4) is 5.75 Å². The van der Waals surface area contributed by atoms with Crippen molar-refractivity contribution in [1.82, 2.24) is 4.31 Å². The van der Waals surface area contributed by atoms with Crippen molar-refractivity contribution in [1.29, 1.82) is 0 Å². The van der Waals surface area contributed by atoms with Gasteiger partial charge in [0.2, 0.25) is 15.9 Å². The van der Waals surface area contributed by atoms with Gasteiger partial charge in [-0.3, -0.25) is 4.79 Å². The van der Waals surface area contributed by atoms with E-state index in [9.17, 15) is 13.2 Å². The van der Waals surface area contributed by atoms with E-state index in [-0.39, 0.29) is 13.0 Å². The van der Waals surface area contributed by atoms with E-state index in [1.165, 1.54) is 4.31 Å². The van der Waals surface area contributed by atoms with Crippen molar-refractivity contribution < 1.29 is 17.9 Å². The van der Waals surface area contributed by atoms with Crippen LogP contribution in [-0.2, 0) is 14.8 Å². The van der Waals surface area contributed by atoms with Crippen LogP contribution in [0.25, 0.3) is 0 Å². The molecule has 29 heavy (non-hydrogen) atoms. The molecule has 0 saturated carbocycles. The molecule has 2 aromatic carbocycles. The Balaban J connectivity index is 1.73. The number of aryl methyl sites for hydroxylation is 1. The summed E-state index contributed by atoms with van der Waals surface area (Å²) in [6.45, 7) is 2.70. The van der Waals surface area contributed by atoms with E-state index >= 15 is 0 Å². The normalized spacial score (nSPS) is 17.0. The number of carbonyl (C=O) groups excluding carboxylic acids is 1. The zero-order valence-electron chi connectivity index (χ0n) is 16.3. The molecule has 6 nitrogen and oxygen atoms in total. The molecule has 8 heteroatoms. The number of benzene rings is 2. The molecule has 1 saturated heterocycles. The Bertz CT molecular complexity index is 968. The molecule has 1 aliphatic heterocycles. The van der Waals surface area contributed by atoms with Crippen molar-refractivity contribution in [2.75, 3.05) is 19.7 Å². The van der Waals surface area contributed by atoms with Crippen LogP contribution in [0.15, 0.2) is 53.4 Å². The number of rotatable bonds is 7. The Morgan fingerprint density at radius 2 is 1.76 bits per heavy atom. The fourth-order valence-corrected chi connectivity index (χ4v) is 5.49. The molecule has 0 unspecified atom stereocenters. The number of nitrogens with zero attached hydrogens (tertiary/aromatic N) is 1. The number of carbonyl (C=O) groups is 1. The second kappa shape index (κ2) is 8.73. The molecule has 0 atom stereocenters. The van der Waals surface area contributed by atoms with E-state index in [1.807, 2.05) is 6.07 Å². The molecule has 1 aliphatic rings. The average Bonchev–Trinajstić information content (AvgIpc) is 2.68. The number of primary amides is 1. The minimum atomic E-state index is -3.58. The van der Waals surface area contributed by atoms with E-state index in [2.05, 4.69) is 0 Å². The summed E-state index contributed by atoms with van der Waals surface area (Å²) >= 11 is 5.90. The summed E-state index contributed by atoms with van der Waals surface area (Å²) in [7, 11) is -3.58. The van der Waals surface area contributed by atoms with Gasteiger partial charge in [-0.1, -0.05) is 29.8 Å². The van der Waals surface area contributed by atoms with E-state index in [0.717, 1.165) is 0 Å². The van der Waals surface area contributed by atoms with Crippen molar-refractivity contribution in [3.05, 3.63) is 59.1 Å². The number of hydrogen-bond acceptors (Lipinski definition) is 4. The van der Waals surface area contributed by atoms with Crippen LogP contribution in [0.3, 0.4) is 0 Å². The Labute approximate surface area is 176 Å². The van der Waals surface area contributed by atoms with Gasteiger partial charge < -0.3 is 10.5 Å². The molecule has 0 spiro atoms. The Kier molecular flexibility index (Phi) is 6.51. The number of piperidine rings is 1. The molecule has 2 aromatic rings. The van der Waals surface area contributed by atoms with Gasteiger partial charge in [-0.05, 0) is 55.7 Å². The highest BCUT2D eigenvalue weighted by Gasteiger charge is 2.40. The maximum absolute atomic E-state index is 13.0. The minimum absolute atomic E-state index is 0.152. The van der Waals surface area contributed by atoms with Gasteiger partial charge in [0, 0.05) is 29.9 Å². The molecule has 0 bridgehead atoms. The molecule has 2 N–H and O–H groups in total. The molecule has 1 heterocycles. The van der Waals surface area contributed by atoms with Gasteiger partial charge in [0.05, 0.1) is 11.5 Å². The van der Waals surface area contributed by atoms with Crippen molar-refractivity contribution >= 4 is 27.5 Å². The third-order valence-corrected chi connectivity index (χ3v) is 7.71. The molecule has 156 valence electrons. The first-order chi connectivity index (χ1) is 13.7. The van der Waals surface area contributed by atoms with Crippen LogP contribution in [0.1, 0.15) is 24.8 Å². The number of ether oxygens (including phenoxy) is 1. The number of hydrogen-bond donors (Lipinski definition) is 1. The lowest BCUT2D eigenvalue weighted by Crippen LogP contribution is -2.47. The van der Waals surface area contributed by atoms with Crippen molar-refractivity contribution in [2.45, 2.75) is 31.1 Å². The third kappa shape index (κ3) is 5.10. The Morgan fingerprint density at radius 1 is 1.14 bits per heavy atom. The number of sulfonamides is 1. The van der Waals surface area contributed by atoms with Crippen LogP contribution in [0.2, 0.25) is 5.02 Å². The highest BCUT2D eigenvalue weighted by Crippen LogP contribution is 2.37. The molecule has 0 radical (unpaired) electrons. The zero-order chi connectivity index (χ0) is 21.1. The van der Waals surface area contributed by atoms with Crippen molar-refractivity contribution in [3.63, 3.8) is 0 Å². The lowest BCUT2D eigenvalue weighted by Gasteiger charge is -2.40. The van der Waals surface area contributed by atoms with Crippen LogP contribution in [-0.4, -0.2) is 38.3 Å². The summed E-state index contributed by atoms with van der Waals surface area (Å²) in [6.07, 6.45) is 1.14. The van der Waals surface area contributed by atoms with Crippen LogP contribution in [0, 0.1) is 12.3 Å². The summed E-state index contributed by atoms with van der Waals surface area (Å²) in [4.78, 5) is 12.0. The van der Waals surface area contributed by atoms with Crippen LogP contribution < -0.4 is 10.5 Å². The Hall–Kier alpha value is -2.09. The summed E-state index contributed by atoms with van der Waals surface area (Å²) in [5.74, 6) is 0.230. The quantitative estimate of drug-likeness (QED) is 0.720. The summed E-state index contributed by atoms with van der Waals surface area (Å²) in [6, 6.07) is 13.9. The molecular weight excluding hydrogens is 412 g/mol. The van der Waals surface area contributed by atoms with Crippen molar-refractivity contribution in [2.24, 2.45) is 11.1 Å². The largest absolute Gasteiger partial charge is 0.493 e. The summed E-state index contributed by atoms with van der Waals surface area (Å²) in [5.41, 5.74) is 5.70. The second-order valence-electron chi connectivity index (χ2n) is 7.56. The smallest absolute Gasteiger partial charge is 0.243 e. The summed E-state index contributed by atoms with van der Waals surface area (Å²) in [5, 5.41) is 0.610. The summed E-state index contributed by atoms with van der Waals surface area (Å²) < 4.78 is 33.5. The monoisotopic (exact) mass is 436 g/mol. The molecule has 0 aromatic heterocycles. The predicted octanol–water partition coefficient (Wildman–Crippen LogP) is 3.37. The maximum atomic E-state index is 13.0. The minimum Gasteiger partial charge on any atom is -0.493 e. The van der Waals surface area contributed by atoms with E-state index in [1.54, 1.807) is 49.4 Å².